The van der Waals surface area contributed by atoms with Crippen LogP contribution in [0, 0.1) is 11.7 Å². The van der Waals surface area contributed by atoms with Crippen LogP contribution in [-0.2, 0) is 22.6 Å². The van der Waals surface area contributed by atoms with Crippen LogP contribution in [0.3, 0.4) is 0 Å². The summed E-state index contributed by atoms with van der Waals surface area (Å²) in [5.41, 5.74) is 6.60. The minimum Gasteiger partial charge on any atom is -0.497 e. The topological polar surface area (TPSA) is 116 Å². The average molecular weight is 515 g/mol. The van der Waals surface area contributed by atoms with E-state index in [1.165, 1.54) is 24.1 Å². The van der Waals surface area contributed by atoms with E-state index in [2.05, 4.69) is 5.32 Å². The maximum atomic E-state index is 14.2. The molecule has 188 valence electrons. The smallest absolute Gasteiger partial charge is 0.429 e. The van der Waals surface area contributed by atoms with E-state index in [4.69, 9.17) is 26.9 Å². The Bertz CT molecular complexity index is 1380. The van der Waals surface area contributed by atoms with Gasteiger partial charge in [0.2, 0.25) is 11.8 Å². The van der Waals surface area contributed by atoms with Gasteiger partial charge >= 0.3 is 6.09 Å². The molecule has 3 aromatic rings. The number of nitrogens with two attached hydrogens (primary N) is 1. The fourth-order valence-electron chi connectivity index (χ4n) is 4.97. The normalized spacial score (nSPS) is 20.2. The first-order chi connectivity index (χ1) is 17.3. The third-order valence-corrected chi connectivity index (χ3v) is 7.06. The van der Waals surface area contributed by atoms with E-state index in [9.17, 15) is 18.8 Å². The van der Waals surface area contributed by atoms with E-state index in [1.54, 1.807) is 35.2 Å². The van der Waals surface area contributed by atoms with Gasteiger partial charge in [-0.2, -0.15) is 4.73 Å². The van der Waals surface area contributed by atoms with Gasteiger partial charge in [0.1, 0.15) is 17.6 Å². The number of hydrogen-bond donors (Lipinski definition) is 2. The number of benzene rings is 2. The van der Waals surface area contributed by atoms with E-state index >= 15 is 0 Å². The molecule has 3 amide bonds. The Kier molecular flexibility index (Phi) is 6.21. The van der Waals surface area contributed by atoms with Gasteiger partial charge in [-0.3, -0.25) is 9.59 Å². The summed E-state index contributed by atoms with van der Waals surface area (Å²) < 4.78 is 20.7. The van der Waals surface area contributed by atoms with Gasteiger partial charge in [-0.05, 0) is 48.6 Å². The fourth-order valence-corrected chi connectivity index (χ4v) is 5.17. The van der Waals surface area contributed by atoms with Crippen molar-refractivity contribution in [2.45, 2.75) is 37.9 Å². The highest BCUT2D eigenvalue weighted by Crippen LogP contribution is 2.48. The minimum atomic E-state index is -0.992. The predicted molar refractivity (Wildman–Crippen MR) is 129 cm³/mol. The molecule has 3 N–H and O–H groups in total. The third-order valence-electron chi connectivity index (χ3n) is 6.77. The van der Waals surface area contributed by atoms with Gasteiger partial charge in [-0.1, -0.05) is 23.7 Å². The van der Waals surface area contributed by atoms with Crippen molar-refractivity contribution in [3.63, 3.8) is 0 Å². The molecule has 0 spiro atoms. The molecule has 36 heavy (non-hydrogen) atoms. The Labute approximate surface area is 210 Å². The molecule has 0 unspecified atom stereocenters. The van der Waals surface area contributed by atoms with Crippen LogP contribution >= 0.6 is 11.6 Å². The number of amides is 3. The Morgan fingerprint density at radius 1 is 1.19 bits per heavy atom. The Morgan fingerprint density at radius 3 is 2.75 bits per heavy atom. The van der Waals surface area contributed by atoms with Crippen molar-refractivity contribution in [1.29, 1.82) is 0 Å². The molecule has 2 heterocycles. The molecule has 5 rings (SSSR count). The van der Waals surface area contributed by atoms with Crippen LogP contribution in [-0.4, -0.2) is 46.7 Å². The van der Waals surface area contributed by atoms with Gasteiger partial charge in [0.25, 0.3) is 0 Å². The van der Waals surface area contributed by atoms with Gasteiger partial charge in [0.15, 0.2) is 0 Å². The maximum Gasteiger partial charge on any atom is 0.429 e. The molecular formula is C25H24ClFN4O5. The SMILES string of the molecule is COc1ccc2c(c1)c(CC(=O)N1[C@@H]3C[C@@H]3C[C@H]1C(=O)NCc1cccc(Cl)c1F)cn2OC(N)=O. The molecule has 1 aliphatic heterocycles. The molecule has 2 fully saturated rings. The molecule has 1 saturated heterocycles. The highest BCUT2D eigenvalue weighted by Gasteiger charge is 2.55. The van der Waals surface area contributed by atoms with Crippen LogP contribution in [0.4, 0.5) is 9.18 Å². The monoisotopic (exact) mass is 514 g/mol. The van der Waals surface area contributed by atoms with Gasteiger partial charge in [0, 0.05) is 29.7 Å². The highest BCUT2D eigenvalue weighted by molar-refractivity contribution is 6.30. The maximum absolute atomic E-state index is 14.2. The van der Waals surface area contributed by atoms with Crippen LogP contribution in [0.2, 0.25) is 5.02 Å². The summed E-state index contributed by atoms with van der Waals surface area (Å²) in [5.74, 6) is -0.299. The molecule has 2 aromatic carbocycles. The van der Waals surface area contributed by atoms with Gasteiger partial charge < -0.3 is 25.5 Å². The van der Waals surface area contributed by atoms with Crippen molar-refractivity contribution in [3.8, 4) is 5.75 Å². The summed E-state index contributed by atoms with van der Waals surface area (Å²) in [6, 6.07) is 9.10. The first-order valence-electron chi connectivity index (χ1n) is 11.4. The second-order valence-corrected chi connectivity index (χ2v) is 9.40. The number of ether oxygens (including phenoxy) is 1. The van der Waals surface area contributed by atoms with Crippen molar-refractivity contribution < 1.29 is 28.3 Å². The second-order valence-electron chi connectivity index (χ2n) is 9.00. The van der Waals surface area contributed by atoms with Crippen LogP contribution in [0.1, 0.15) is 24.0 Å². The summed E-state index contributed by atoms with van der Waals surface area (Å²) in [6.45, 7) is -0.0309. The van der Waals surface area contributed by atoms with Crippen molar-refractivity contribution in [3.05, 3.63) is 64.6 Å². The number of halogens is 2. The zero-order valence-corrected chi connectivity index (χ0v) is 20.1. The lowest BCUT2D eigenvalue weighted by Gasteiger charge is -2.27. The molecule has 1 aliphatic carbocycles. The quantitative estimate of drug-likeness (QED) is 0.503. The number of fused-ring (bicyclic) bond motifs is 2. The molecule has 2 aliphatic rings. The third kappa shape index (κ3) is 4.44. The Morgan fingerprint density at radius 2 is 2.00 bits per heavy atom. The molecule has 11 heteroatoms. The number of primary amides is 1. The van der Waals surface area contributed by atoms with E-state index in [0.29, 0.717) is 28.6 Å². The number of aromatic nitrogens is 1. The zero-order valence-electron chi connectivity index (χ0n) is 19.4. The van der Waals surface area contributed by atoms with Crippen molar-refractivity contribution in [2.24, 2.45) is 11.7 Å². The van der Waals surface area contributed by atoms with Gasteiger partial charge in [-0.15, -0.1) is 0 Å². The lowest BCUT2D eigenvalue weighted by Crippen LogP contribution is -2.48. The summed E-state index contributed by atoms with van der Waals surface area (Å²) in [4.78, 5) is 44.5. The molecule has 1 saturated carbocycles. The van der Waals surface area contributed by atoms with Crippen LogP contribution in [0.15, 0.2) is 42.6 Å². The number of methoxy groups -OCH3 is 1. The molecule has 1 aromatic heterocycles. The predicted octanol–water partition coefficient (Wildman–Crippen LogP) is 2.80. The van der Waals surface area contributed by atoms with Crippen molar-refractivity contribution >= 4 is 40.4 Å². The lowest BCUT2D eigenvalue weighted by atomic mass is 10.1. The van der Waals surface area contributed by atoms with Crippen molar-refractivity contribution in [1.82, 2.24) is 14.9 Å². The second kappa shape index (κ2) is 9.34. The van der Waals surface area contributed by atoms with Crippen LogP contribution in [0.25, 0.3) is 10.9 Å². The number of hydrogen-bond acceptors (Lipinski definition) is 5. The number of likely N-dealkylation sites (tertiary alicyclic amines) is 1. The molecule has 9 nitrogen and oxygen atoms in total. The number of carbonyl (C=O) groups is 3. The fraction of sp³-hybridized carbons (Fsp3) is 0.320. The van der Waals surface area contributed by atoms with Crippen LogP contribution in [0.5, 0.6) is 5.75 Å². The van der Waals surface area contributed by atoms with E-state index in [1.807, 2.05) is 0 Å². The van der Waals surface area contributed by atoms with E-state index < -0.39 is 18.0 Å². The summed E-state index contributed by atoms with van der Waals surface area (Å²) in [7, 11) is 1.53. The first-order valence-corrected chi connectivity index (χ1v) is 11.8. The Balaban J connectivity index is 1.35. The summed E-state index contributed by atoms with van der Waals surface area (Å²) >= 11 is 5.83. The van der Waals surface area contributed by atoms with Gasteiger partial charge in [-0.25, -0.2) is 9.18 Å². The number of rotatable bonds is 7. The summed E-state index contributed by atoms with van der Waals surface area (Å²) in [5, 5.41) is 3.39. The van der Waals surface area contributed by atoms with Crippen molar-refractivity contribution in [2.75, 3.05) is 7.11 Å². The first kappa shape index (κ1) is 23.9. The van der Waals surface area contributed by atoms with Gasteiger partial charge in [0.05, 0.1) is 24.1 Å². The molecule has 0 radical (unpaired) electrons. The van der Waals surface area contributed by atoms with E-state index in [0.717, 1.165) is 6.42 Å². The largest absolute Gasteiger partial charge is 0.497 e. The average Bonchev–Trinajstić information content (AvgIpc) is 3.39. The molecular weight excluding hydrogens is 491 g/mol. The highest BCUT2D eigenvalue weighted by atomic mass is 35.5. The molecule has 3 atom stereocenters. The summed E-state index contributed by atoms with van der Waals surface area (Å²) in [6.07, 6.45) is 1.92. The number of nitrogens with one attached hydrogen (secondary N) is 1. The van der Waals surface area contributed by atoms with E-state index in [-0.39, 0.29) is 47.3 Å². The zero-order chi connectivity index (χ0) is 25.6. The van der Waals surface area contributed by atoms with Crippen LogP contribution < -0.4 is 20.6 Å². The number of carbonyl (C=O) groups excluding carboxylic acids is 3. The Hall–Kier alpha value is -3.79. The number of nitrogens with zero attached hydrogens (tertiary/aromatic N) is 2. The standard InChI is InChI=1S/C25H24ClFN4O5/c1-35-16-5-6-19-17(10-16)15(12-30(19)36-25(28)34)9-22(32)31-20-7-14(20)8-21(31)24(33)29-11-13-3-2-4-18(26)23(13)27/h2-6,10,12,14,20-21H,7-9,11H2,1H3,(H2,28,34)(H,29,33)/t14-,20-,21+/m1/s1. The number of piperidine rings is 1. The lowest BCUT2D eigenvalue weighted by molar-refractivity contribution is -0.139. The minimum absolute atomic E-state index is 0.000844. The molecule has 0 bridgehead atoms.